The Hall–Kier alpha value is -3.90. The van der Waals surface area contributed by atoms with Crippen LogP contribution in [0.25, 0.3) is 33.4 Å². The van der Waals surface area contributed by atoms with Crippen LogP contribution in [0.5, 0.6) is 5.75 Å². The van der Waals surface area contributed by atoms with Crippen LogP contribution in [-0.2, 0) is 0 Å². The molecule has 0 unspecified atom stereocenters. The molecule has 2 heterocycles. The number of aromatic hydroxyl groups is 1. The molecule has 3 aromatic carbocycles. The number of piperazine rings is 1. The van der Waals surface area contributed by atoms with Gasteiger partial charge in [0, 0.05) is 43.4 Å². The van der Waals surface area contributed by atoms with E-state index < -0.39 is 0 Å². The smallest absolute Gasteiger partial charge is 0.253 e. The number of hydrogen-bond donors (Lipinski definition) is 2. The molecule has 6 nitrogen and oxygen atoms in total. The molecule has 5 rings (SSSR count). The third kappa shape index (κ3) is 3.76. The van der Waals surface area contributed by atoms with E-state index in [0.29, 0.717) is 35.6 Å². The lowest BCUT2D eigenvalue weighted by Crippen LogP contribution is -2.46. The molecule has 0 spiro atoms. The minimum Gasteiger partial charge on any atom is -0.507 e. The van der Waals surface area contributed by atoms with Crippen LogP contribution in [-0.4, -0.2) is 42.1 Å². The Balaban J connectivity index is 1.51. The van der Waals surface area contributed by atoms with Gasteiger partial charge < -0.3 is 19.7 Å². The maximum atomic E-state index is 12.7. The van der Waals surface area contributed by atoms with Crippen molar-refractivity contribution in [1.29, 1.82) is 0 Å². The molecule has 0 saturated carbocycles. The number of hydrogen-bond acceptors (Lipinski definition) is 5. The van der Waals surface area contributed by atoms with Gasteiger partial charge >= 0.3 is 0 Å². The van der Waals surface area contributed by atoms with E-state index in [1.807, 2.05) is 47.4 Å². The Bertz CT molecular complexity index is 1340. The third-order valence-electron chi connectivity index (χ3n) is 5.74. The summed E-state index contributed by atoms with van der Waals surface area (Å²) in [5, 5.41) is 13.9. The van der Waals surface area contributed by atoms with Gasteiger partial charge in [0.25, 0.3) is 5.91 Å². The van der Waals surface area contributed by atoms with E-state index in [9.17, 15) is 14.7 Å². The van der Waals surface area contributed by atoms with Crippen molar-refractivity contribution in [3.63, 3.8) is 0 Å². The molecule has 32 heavy (non-hydrogen) atoms. The summed E-state index contributed by atoms with van der Waals surface area (Å²) >= 11 is 0. The topological polar surface area (TPSA) is 82.8 Å². The Morgan fingerprint density at radius 1 is 0.875 bits per heavy atom. The van der Waals surface area contributed by atoms with E-state index in [1.165, 1.54) is 6.07 Å². The summed E-state index contributed by atoms with van der Waals surface area (Å²) in [4.78, 5) is 27.2. The van der Waals surface area contributed by atoms with Crippen LogP contribution in [0.4, 0.5) is 0 Å². The van der Waals surface area contributed by atoms with Crippen molar-refractivity contribution in [1.82, 2.24) is 10.2 Å². The second-order valence-corrected chi connectivity index (χ2v) is 7.83. The van der Waals surface area contributed by atoms with E-state index in [2.05, 4.69) is 5.32 Å². The van der Waals surface area contributed by atoms with Crippen LogP contribution < -0.4 is 10.7 Å². The second-order valence-electron chi connectivity index (χ2n) is 7.83. The zero-order chi connectivity index (χ0) is 22.1. The molecular weight excluding hydrogens is 404 g/mol. The van der Waals surface area contributed by atoms with Crippen LogP contribution >= 0.6 is 0 Å². The van der Waals surface area contributed by atoms with Gasteiger partial charge in [-0.1, -0.05) is 42.5 Å². The van der Waals surface area contributed by atoms with Crippen molar-refractivity contribution in [2.24, 2.45) is 0 Å². The molecule has 2 N–H and O–H groups in total. The number of rotatable bonds is 3. The van der Waals surface area contributed by atoms with Crippen LogP contribution in [0.15, 0.2) is 82.0 Å². The zero-order valence-electron chi connectivity index (χ0n) is 17.4. The van der Waals surface area contributed by atoms with Crippen LogP contribution in [0, 0.1) is 0 Å². The van der Waals surface area contributed by atoms with Crippen molar-refractivity contribution in [3.05, 3.63) is 88.6 Å². The lowest BCUT2D eigenvalue weighted by molar-refractivity contribution is 0.0736. The molecule has 1 aromatic heterocycles. The van der Waals surface area contributed by atoms with Crippen LogP contribution in [0.2, 0.25) is 0 Å². The number of fused-ring (bicyclic) bond motifs is 1. The van der Waals surface area contributed by atoms with Crippen molar-refractivity contribution in [2.45, 2.75) is 0 Å². The summed E-state index contributed by atoms with van der Waals surface area (Å²) in [6.45, 7) is 3.00. The van der Waals surface area contributed by atoms with E-state index >= 15 is 0 Å². The molecule has 0 radical (unpaired) electrons. The van der Waals surface area contributed by atoms with Gasteiger partial charge in [-0.3, -0.25) is 9.59 Å². The minimum atomic E-state index is -0.300. The zero-order valence-corrected chi connectivity index (χ0v) is 17.4. The highest BCUT2D eigenvalue weighted by molar-refractivity contribution is 5.95. The molecule has 1 aliphatic heterocycles. The SMILES string of the molecule is O=C(c1ccc(-c2cc(O)c3c(=O)cc(-c4ccccc4)oc3c2)cc1)N1CCNCC1. The van der Waals surface area contributed by atoms with Crippen molar-refractivity contribution < 1.29 is 14.3 Å². The number of phenols is 1. The van der Waals surface area contributed by atoms with Crippen molar-refractivity contribution in [3.8, 4) is 28.2 Å². The number of nitrogens with zero attached hydrogens (tertiary/aromatic N) is 1. The fraction of sp³-hybridized carbons (Fsp3) is 0.154. The Morgan fingerprint density at radius 3 is 2.31 bits per heavy atom. The normalized spacial score (nSPS) is 13.9. The van der Waals surface area contributed by atoms with E-state index in [1.54, 1.807) is 24.3 Å². The highest BCUT2D eigenvalue weighted by Gasteiger charge is 2.18. The van der Waals surface area contributed by atoms with E-state index in [-0.39, 0.29) is 22.5 Å². The van der Waals surface area contributed by atoms with Crippen molar-refractivity contribution >= 4 is 16.9 Å². The Morgan fingerprint density at radius 2 is 1.59 bits per heavy atom. The van der Waals surface area contributed by atoms with Crippen LogP contribution in [0.3, 0.4) is 0 Å². The number of carbonyl (C=O) groups is 1. The van der Waals surface area contributed by atoms with Gasteiger partial charge in [0.2, 0.25) is 0 Å². The number of phenolic OH excluding ortho intramolecular Hbond substituents is 1. The standard InChI is InChI=1S/C26H22N2O4/c29-21-14-20(17-6-8-19(9-7-17)26(31)28-12-10-27-11-13-28)15-24-25(21)22(30)16-23(32-24)18-4-2-1-3-5-18/h1-9,14-16,27,29H,10-13H2. The van der Waals surface area contributed by atoms with Gasteiger partial charge in [0.15, 0.2) is 5.43 Å². The first kappa shape index (κ1) is 20.0. The highest BCUT2D eigenvalue weighted by Crippen LogP contribution is 2.32. The largest absolute Gasteiger partial charge is 0.507 e. The fourth-order valence-corrected chi connectivity index (χ4v) is 4.04. The summed E-state index contributed by atoms with van der Waals surface area (Å²) in [5.41, 5.74) is 2.93. The predicted molar refractivity (Wildman–Crippen MR) is 124 cm³/mol. The average Bonchev–Trinajstić information content (AvgIpc) is 2.84. The van der Waals surface area contributed by atoms with E-state index in [4.69, 9.17) is 4.42 Å². The summed E-state index contributed by atoms with van der Waals surface area (Å²) < 4.78 is 5.99. The molecule has 6 heteroatoms. The number of nitrogens with one attached hydrogen (secondary N) is 1. The quantitative estimate of drug-likeness (QED) is 0.520. The fourth-order valence-electron chi connectivity index (χ4n) is 4.04. The highest BCUT2D eigenvalue weighted by atomic mass is 16.3. The van der Waals surface area contributed by atoms with Gasteiger partial charge in [0.05, 0.1) is 0 Å². The maximum absolute atomic E-state index is 12.7. The number of amides is 1. The van der Waals surface area contributed by atoms with Gasteiger partial charge in [-0.25, -0.2) is 0 Å². The molecule has 1 amide bonds. The maximum Gasteiger partial charge on any atom is 0.253 e. The molecule has 0 atom stereocenters. The Labute approximate surface area is 184 Å². The molecule has 1 aliphatic rings. The molecule has 4 aromatic rings. The van der Waals surface area contributed by atoms with Gasteiger partial charge in [-0.05, 0) is 35.4 Å². The monoisotopic (exact) mass is 426 g/mol. The summed E-state index contributed by atoms with van der Waals surface area (Å²) in [7, 11) is 0. The summed E-state index contributed by atoms with van der Waals surface area (Å²) in [6.07, 6.45) is 0. The molecule has 0 bridgehead atoms. The van der Waals surface area contributed by atoms with Gasteiger partial charge in [-0.15, -0.1) is 0 Å². The van der Waals surface area contributed by atoms with Crippen LogP contribution in [0.1, 0.15) is 10.4 Å². The molecule has 0 aliphatic carbocycles. The average molecular weight is 426 g/mol. The first-order chi connectivity index (χ1) is 15.6. The van der Waals surface area contributed by atoms with Crippen molar-refractivity contribution in [2.75, 3.05) is 26.2 Å². The second kappa shape index (κ2) is 8.32. The Kier molecular flexibility index (Phi) is 5.21. The van der Waals surface area contributed by atoms with E-state index in [0.717, 1.165) is 24.2 Å². The third-order valence-corrected chi connectivity index (χ3v) is 5.74. The first-order valence-electron chi connectivity index (χ1n) is 10.6. The molecule has 160 valence electrons. The number of benzene rings is 3. The summed E-state index contributed by atoms with van der Waals surface area (Å²) in [6, 6.07) is 21.3. The van der Waals surface area contributed by atoms with Gasteiger partial charge in [-0.2, -0.15) is 0 Å². The number of carbonyl (C=O) groups excluding carboxylic acids is 1. The predicted octanol–water partition coefficient (Wildman–Crippen LogP) is 3.88. The minimum absolute atomic E-state index is 0.0120. The van der Waals surface area contributed by atoms with Gasteiger partial charge in [0.1, 0.15) is 22.5 Å². The molecular formula is C26H22N2O4. The lowest BCUT2D eigenvalue weighted by atomic mass is 10.0. The first-order valence-corrected chi connectivity index (χ1v) is 10.6. The molecule has 1 saturated heterocycles. The molecule has 1 fully saturated rings. The summed E-state index contributed by atoms with van der Waals surface area (Å²) in [5.74, 6) is 0.321. The lowest BCUT2D eigenvalue weighted by Gasteiger charge is -2.27.